The molecule has 0 aliphatic rings. The smallest absolute Gasteiger partial charge is 0.337 e. The van der Waals surface area contributed by atoms with E-state index in [1.807, 2.05) is 0 Å². The van der Waals surface area contributed by atoms with Crippen molar-refractivity contribution in [2.45, 2.75) is 17.6 Å². The third kappa shape index (κ3) is 3.44. The lowest BCUT2D eigenvalue weighted by molar-refractivity contribution is -0.155. The van der Waals surface area contributed by atoms with E-state index in [1.54, 1.807) is 24.6 Å². The van der Waals surface area contributed by atoms with Crippen LogP contribution in [-0.4, -0.2) is 45.5 Å². The van der Waals surface area contributed by atoms with Gasteiger partial charge in [0.1, 0.15) is 5.03 Å². The molecule has 1 aromatic heterocycles. The Bertz CT molecular complexity index is 462. The summed E-state index contributed by atoms with van der Waals surface area (Å²) in [5, 5.41) is 21.1. The monoisotopic (exact) mass is 270 g/mol. The van der Waals surface area contributed by atoms with Gasteiger partial charge in [-0.2, -0.15) is 0 Å². The number of nitrogens with one attached hydrogen (secondary N) is 1. The highest BCUT2D eigenvalue weighted by Gasteiger charge is 2.30. The van der Waals surface area contributed by atoms with Gasteiger partial charge in [0, 0.05) is 6.20 Å². The van der Waals surface area contributed by atoms with E-state index in [1.165, 1.54) is 11.8 Å². The number of pyridine rings is 1. The van der Waals surface area contributed by atoms with Crippen molar-refractivity contribution in [2.24, 2.45) is 0 Å². The maximum absolute atomic E-state index is 11.8. The lowest BCUT2D eigenvalue weighted by atomic mass is 10.1. The minimum atomic E-state index is -1.99. The fourth-order valence-electron chi connectivity index (χ4n) is 1.15. The van der Waals surface area contributed by atoms with Gasteiger partial charge in [0.15, 0.2) is 5.60 Å². The summed E-state index contributed by atoms with van der Waals surface area (Å²) in [5.74, 6) is -1.85. The molecule has 1 unspecified atom stereocenters. The molecule has 0 bridgehead atoms. The van der Waals surface area contributed by atoms with E-state index >= 15 is 0 Å². The minimum absolute atomic E-state index is 0.353. The average Bonchev–Trinajstić information content (AvgIpc) is 2.35. The van der Waals surface area contributed by atoms with Crippen molar-refractivity contribution in [2.75, 3.05) is 12.8 Å². The number of carboxylic acid groups (broad SMARTS) is 1. The van der Waals surface area contributed by atoms with E-state index in [2.05, 4.69) is 10.3 Å². The fraction of sp³-hybridized carbons (Fsp3) is 0.364. The van der Waals surface area contributed by atoms with Gasteiger partial charge in [0.05, 0.1) is 12.1 Å². The maximum atomic E-state index is 11.8. The zero-order chi connectivity index (χ0) is 13.8. The van der Waals surface area contributed by atoms with E-state index in [9.17, 15) is 14.7 Å². The standard InChI is InChI=1S/C11H14N2O4S/c1-11(17,10(15)16)6-13-8(14)7-4-3-5-12-9(7)18-2/h3-5,17H,6H2,1-2H3,(H,13,14)(H,15,16). The Labute approximate surface area is 108 Å². The highest BCUT2D eigenvalue weighted by atomic mass is 32.2. The van der Waals surface area contributed by atoms with E-state index in [0.29, 0.717) is 10.6 Å². The van der Waals surface area contributed by atoms with Crippen LogP contribution in [0.4, 0.5) is 0 Å². The number of carbonyl (C=O) groups is 2. The SMILES string of the molecule is CSc1ncccc1C(=O)NCC(C)(O)C(=O)O. The van der Waals surface area contributed by atoms with Crippen molar-refractivity contribution >= 4 is 23.6 Å². The molecule has 0 aliphatic heterocycles. The molecule has 0 spiro atoms. The molecule has 0 fully saturated rings. The second-order valence-electron chi connectivity index (χ2n) is 3.82. The number of aliphatic hydroxyl groups is 1. The van der Waals surface area contributed by atoms with E-state index < -0.39 is 17.5 Å². The van der Waals surface area contributed by atoms with Crippen molar-refractivity contribution < 1.29 is 19.8 Å². The van der Waals surface area contributed by atoms with Crippen molar-refractivity contribution in [1.82, 2.24) is 10.3 Å². The first-order valence-electron chi connectivity index (χ1n) is 5.11. The number of aliphatic carboxylic acids is 1. The highest BCUT2D eigenvalue weighted by Crippen LogP contribution is 2.16. The topological polar surface area (TPSA) is 99.5 Å². The summed E-state index contributed by atoms with van der Waals surface area (Å²) in [6, 6.07) is 3.20. The predicted molar refractivity (Wildman–Crippen MR) is 66.6 cm³/mol. The van der Waals surface area contributed by atoms with Crippen LogP contribution in [0, 0.1) is 0 Å². The molecule has 6 nitrogen and oxygen atoms in total. The van der Waals surface area contributed by atoms with Crippen LogP contribution in [0.3, 0.4) is 0 Å². The maximum Gasteiger partial charge on any atom is 0.337 e. The second kappa shape index (κ2) is 5.83. The summed E-state index contributed by atoms with van der Waals surface area (Å²) >= 11 is 1.31. The molecule has 7 heteroatoms. The molecule has 1 atom stereocenters. The molecule has 98 valence electrons. The Kier molecular flexibility index (Phi) is 4.69. The molecular formula is C11H14N2O4S. The van der Waals surface area contributed by atoms with Gasteiger partial charge in [-0.05, 0) is 25.3 Å². The third-order valence-corrected chi connectivity index (χ3v) is 2.98. The summed E-state index contributed by atoms with van der Waals surface area (Å²) in [4.78, 5) is 26.5. The predicted octanol–water partition coefficient (Wildman–Crippen LogP) is 0.369. The van der Waals surface area contributed by atoms with Gasteiger partial charge in [-0.1, -0.05) is 0 Å². The third-order valence-electron chi connectivity index (χ3n) is 2.26. The number of thioether (sulfide) groups is 1. The highest BCUT2D eigenvalue weighted by molar-refractivity contribution is 7.98. The van der Waals surface area contributed by atoms with Crippen molar-refractivity contribution in [3.05, 3.63) is 23.9 Å². The molecule has 0 saturated heterocycles. The molecular weight excluding hydrogens is 256 g/mol. The van der Waals surface area contributed by atoms with Gasteiger partial charge in [-0.25, -0.2) is 9.78 Å². The zero-order valence-corrected chi connectivity index (χ0v) is 10.8. The van der Waals surface area contributed by atoms with Crippen molar-refractivity contribution in [3.63, 3.8) is 0 Å². The number of carboxylic acids is 1. The van der Waals surface area contributed by atoms with E-state index in [0.717, 1.165) is 6.92 Å². The summed E-state index contributed by atoms with van der Waals surface area (Å²) < 4.78 is 0. The first-order valence-corrected chi connectivity index (χ1v) is 6.34. The minimum Gasteiger partial charge on any atom is -0.479 e. The number of hydrogen-bond donors (Lipinski definition) is 3. The fourth-order valence-corrected chi connectivity index (χ4v) is 1.70. The van der Waals surface area contributed by atoms with Crippen molar-refractivity contribution in [3.8, 4) is 0 Å². The zero-order valence-electron chi connectivity index (χ0n) is 10.0. The van der Waals surface area contributed by atoms with Crippen LogP contribution in [0.25, 0.3) is 0 Å². The quantitative estimate of drug-likeness (QED) is 0.668. The number of hydrogen-bond acceptors (Lipinski definition) is 5. The Morgan fingerprint density at radius 2 is 2.22 bits per heavy atom. The van der Waals surface area contributed by atoms with Crippen LogP contribution < -0.4 is 5.32 Å². The molecule has 3 N–H and O–H groups in total. The molecule has 0 radical (unpaired) electrons. The largest absolute Gasteiger partial charge is 0.479 e. The molecule has 18 heavy (non-hydrogen) atoms. The van der Waals surface area contributed by atoms with Gasteiger partial charge >= 0.3 is 5.97 Å². The Morgan fingerprint density at radius 1 is 1.56 bits per heavy atom. The first-order chi connectivity index (χ1) is 8.38. The molecule has 0 saturated carbocycles. The van der Waals surface area contributed by atoms with Crippen LogP contribution in [0.2, 0.25) is 0 Å². The number of nitrogens with zero attached hydrogens (tertiary/aromatic N) is 1. The molecule has 1 rings (SSSR count). The Balaban J connectivity index is 2.75. The number of rotatable bonds is 5. The van der Waals surface area contributed by atoms with Crippen molar-refractivity contribution in [1.29, 1.82) is 0 Å². The van der Waals surface area contributed by atoms with Crippen LogP contribution in [0.1, 0.15) is 17.3 Å². The summed E-state index contributed by atoms with van der Waals surface area (Å²) in [7, 11) is 0. The number of amides is 1. The lowest BCUT2D eigenvalue weighted by Gasteiger charge is -2.18. The van der Waals surface area contributed by atoms with Crippen LogP contribution >= 0.6 is 11.8 Å². The summed E-state index contributed by atoms with van der Waals surface area (Å²) in [6.07, 6.45) is 3.35. The van der Waals surface area contributed by atoms with Crippen LogP contribution in [0.5, 0.6) is 0 Å². The normalized spacial score (nSPS) is 13.7. The van der Waals surface area contributed by atoms with E-state index in [-0.39, 0.29) is 6.54 Å². The summed E-state index contributed by atoms with van der Waals surface area (Å²) in [6.45, 7) is 0.748. The van der Waals surface area contributed by atoms with Gasteiger partial charge in [0.2, 0.25) is 0 Å². The Hall–Kier alpha value is -1.60. The molecule has 0 aromatic carbocycles. The average molecular weight is 270 g/mol. The molecule has 1 amide bonds. The second-order valence-corrected chi connectivity index (χ2v) is 4.62. The van der Waals surface area contributed by atoms with Crippen LogP contribution in [0.15, 0.2) is 23.4 Å². The number of carbonyl (C=O) groups excluding carboxylic acids is 1. The van der Waals surface area contributed by atoms with Gasteiger partial charge in [0.25, 0.3) is 5.91 Å². The molecule has 0 aliphatic carbocycles. The van der Waals surface area contributed by atoms with E-state index in [4.69, 9.17) is 5.11 Å². The number of aromatic nitrogens is 1. The van der Waals surface area contributed by atoms with Gasteiger partial charge in [-0.15, -0.1) is 11.8 Å². The van der Waals surface area contributed by atoms with Gasteiger partial charge in [-0.3, -0.25) is 4.79 Å². The Morgan fingerprint density at radius 3 is 2.78 bits per heavy atom. The first kappa shape index (κ1) is 14.5. The lowest BCUT2D eigenvalue weighted by Crippen LogP contribution is -2.46. The molecule has 1 heterocycles. The van der Waals surface area contributed by atoms with Gasteiger partial charge < -0.3 is 15.5 Å². The molecule has 1 aromatic rings. The summed E-state index contributed by atoms with van der Waals surface area (Å²) in [5.41, 5.74) is -1.64. The van der Waals surface area contributed by atoms with Crippen LogP contribution in [-0.2, 0) is 4.79 Å².